The minimum Gasteiger partial charge on any atom is -0.489 e. The monoisotopic (exact) mass is 555 g/mol. The van der Waals surface area contributed by atoms with Crippen LogP contribution in [0.3, 0.4) is 0 Å². The molecule has 1 amide bonds. The third kappa shape index (κ3) is 4.16. The van der Waals surface area contributed by atoms with Crippen LogP contribution in [0.5, 0.6) is 5.75 Å². The van der Waals surface area contributed by atoms with E-state index in [9.17, 15) is 19.7 Å². The highest BCUT2D eigenvalue weighted by Gasteiger charge is 2.37. The van der Waals surface area contributed by atoms with E-state index in [1.807, 2.05) is 22.6 Å². The topological polar surface area (TPSA) is 131 Å². The van der Waals surface area contributed by atoms with Crippen LogP contribution < -0.4 is 10.1 Å². The number of carbonyl (C=O) groups excluding carboxylic acids is 2. The Kier molecular flexibility index (Phi) is 7.00. The lowest BCUT2D eigenvalue weighted by atomic mass is 10.2. The molecule has 146 valence electrons. The molecule has 0 saturated heterocycles. The maximum absolute atomic E-state index is 12.6. The molecule has 1 aromatic carbocycles. The highest BCUT2D eigenvalue weighted by atomic mass is 127. The standard InChI is InChI=1S/C15H15BrIN3O7/c1-26-13-8(16)5-9(17)11(12(13)20(24)25)18-10-7(15(23)27-2)6-19(3-4-21)14(10)22/h5,18,21H,3-4,6H2,1-2H3. The number of nitrogens with one attached hydrogen (secondary N) is 1. The van der Waals surface area contributed by atoms with Crippen molar-refractivity contribution in [1.29, 1.82) is 0 Å². The number of rotatable bonds is 7. The van der Waals surface area contributed by atoms with Crippen LogP contribution in [0.2, 0.25) is 0 Å². The van der Waals surface area contributed by atoms with Crippen molar-refractivity contribution >= 4 is 61.8 Å². The summed E-state index contributed by atoms with van der Waals surface area (Å²) >= 11 is 5.08. The number of β-amino-alcohol motifs (C(OH)–C–C–N with tert-alkyl or cyclic N) is 1. The summed E-state index contributed by atoms with van der Waals surface area (Å²) in [5.74, 6) is -1.34. The van der Waals surface area contributed by atoms with Crippen molar-refractivity contribution in [3.05, 3.63) is 35.5 Å². The predicted molar refractivity (Wildman–Crippen MR) is 106 cm³/mol. The molecule has 0 radical (unpaired) electrons. The normalized spacial score (nSPS) is 13.8. The zero-order valence-electron chi connectivity index (χ0n) is 14.2. The summed E-state index contributed by atoms with van der Waals surface area (Å²) in [5.41, 5.74) is -0.499. The van der Waals surface area contributed by atoms with Crippen LogP contribution in [-0.4, -0.2) is 60.7 Å². The number of aliphatic hydroxyl groups is 1. The summed E-state index contributed by atoms with van der Waals surface area (Å²) in [6.45, 7) is -0.364. The van der Waals surface area contributed by atoms with Gasteiger partial charge in [0.15, 0.2) is 0 Å². The smallest absolute Gasteiger partial charge is 0.337 e. The number of carbonyl (C=O) groups is 2. The minimum atomic E-state index is -0.743. The third-order valence-corrected chi connectivity index (χ3v) is 5.19. The number of hydrogen-bond donors (Lipinski definition) is 2. The molecule has 0 fully saturated rings. The van der Waals surface area contributed by atoms with Gasteiger partial charge in [0.05, 0.1) is 42.3 Å². The zero-order valence-corrected chi connectivity index (χ0v) is 18.0. The molecule has 2 rings (SSSR count). The largest absolute Gasteiger partial charge is 0.489 e. The van der Waals surface area contributed by atoms with Gasteiger partial charge in [-0.15, -0.1) is 0 Å². The minimum absolute atomic E-state index is 0.00729. The Balaban J connectivity index is 2.61. The fourth-order valence-corrected chi connectivity index (χ4v) is 4.26. The average molecular weight is 556 g/mol. The Bertz CT molecular complexity index is 843. The second-order valence-electron chi connectivity index (χ2n) is 5.27. The lowest BCUT2D eigenvalue weighted by Crippen LogP contribution is -2.31. The molecule has 1 aliphatic heterocycles. The van der Waals surface area contributed by atoms with Crippen LogP contribution in [-0.2, 0) is 14.3 Å². The first-order chi connectivity index (χ1) is 12.8. The highest BCUT2D eigenvalue weighted by Crippen LogP contribution is 2.44. The van der Waals surface area contributed by atoms with E-state index < -0.39 is 16.8 Å². The molecule has 0 aromatic heterocycles. The van der Waals surface area contributed by atoms with E-state index in [0.29, 0.717) is 8.04 Å². The summed E-state index contributed by atoms with van der Waals surface area (Å²) in [6.07, 6.45) is 0. The first-order valence-corrected chi connectivity index (χ1v) is 9.32. The van der Waals surface area contributed by atoms with E-state index in [0.717, 1.165) is 0 Å². The highest BCUT2D eigenvalue weighted by molar-refractivity contribution is 14.1. The van der Waals surface area contributed by atoms with Gasteiger partial charge in [0.1, 0.15) is 11.4 Å². The van der Waals surface area contributed by atoms with Gasteiger partial charge < -0.3 is 24.8 Å². The van der Waals surface area contributed by atoms with E-state index in [2.05, 4.69) is 21.2 Å². The molecule has 1 aliphatic rings. The molecular weight excluding hydrogens is 541 g/mol. The molecule has 27 heavy (non-hydrogen) atoms. The van der Waals surface area contributed by atoms with Gasteiger partial charge in [0.2, 0.25) is 5.75 Å². The van der Waals surface area contributed by atoms with Crippen molar-refractivity contribution < 1.29 is 29.1 Å². The van der Waals surface area contributed by atoms with Crippen LogP contribution in [0.25, 0.3) is 0 Å². The van der Waals surface area contributed by atoms with Crippen molar-refractivity contribution in [2.24, 2.45) is 0 Å². The van der Waals surface area contributed by atoms with Crippen LogP contribution in [0, 0.1) is 13.7 Å². The van der Waals surface area contributed by atoms with E-state index >= 15 is 0 Å². The summed E-state index contributed by atoms with van der Waals surface area (Å²) in [4.78, 5) is 36.9. The molecule has 10 nitrogen and oxygen atoms in total. The lowest BCUT2D eigenvalue weighted by molar-refractivity contribution is -0.384. The van der Waals surface area contributed by atoms with E-state index in [4.69, 9.17) is 14.6 Å². The second kappa shape index (κ2) is 8.84. The van der Waals surface area contributed by atoms with Gasteiger partial charge in [-0.1, -0.05) is 0 Å². The van der Waals surface area contributed by atoms with Crippen LogP contribution >= 0.6 is 38.5 Å². The molecule has 0 saturated carbocycles. The van der Waals surface area contributed by atoms with Crippen LogP contribution in [0.15, 0.2) is 21.8 Å². The molecule has 1 heterocycles. The second-order valence-corrected chi connectivity index (χ2v) is 7.29. The van der Waals surface area contributed by atoms with Gasteiger partial charge in [0, 0.05) is 10.1 Å². The van der Waals surface area contributed by atoms with E-state index in [1.165, 1.54) is 19.1 Å². The first-order valence-electron chi connectivity index (χ1n) is 7.45. The van der Waals surface area contributed by atoms with Gasteiger partial charge in [-0.2, -0.15) is 0 Å². The Morgan fingerprint density at radius 1 is 1.52 bits per heavy atom. The maximum atomic E-state index is 12.6. The SMILES string of the molecule is COC(=O)C1=C(Nc2c(I)cc(Br)c(OC)c2[N+](=O)[O-])C(=O)N(CCO)C1. The number of aliphatic hydroxyl groups excluding tert-OH is 1. The molecule has 2 N–H and O–H groups in total. The molecule has 0 unspecified atom stereocenters. The van der Waals surface area contributed by atoms with Gasteiger partial charge >= 0.3 is 11.7 Å². The average Bonchev–Trinajstić information content (AvgIpc) is 2.92. The van der Waals surface area contributed by atoms with Gasteiger partial charge in [-0.25, -0.2) is 4.79 Å². The van der Waals surface area contributed by atoms with Crippen molar-refractivity contribution in [2.75, 3.05) is 39.2 Å². The number of amides is 1. The Morgan fingerprint density at radius 2 is 2.19 bits per heavy atom. The predicted octanol–water partition coefficient (Wildman–Crippen LogP) is 1.64. The maximum Gasteiger partial charge on any atom is 0.337 e. The number of benzene rings is 1. The lowest BCUT2D eigenvalue weighted by Gasteiger charge is -2.16. The van der Waals surface area contributed by atoms with Gasteiger partial charge in [0.25, 0.3) is 5.91 Å². The quantitative estimate of drug-likeness (QED) is 0.225. The van der Waals surface area contributed by atoms with Crippen molar-refractivity contribution in [2.45, 2.75) is 0 Å². The number of anilines is 1. The van der Waals surface area contributed by atoms with Crippen LogP contribution in [0.1, 0.15) is 0 Å². The summed E-state index contributed by atoms with van der Waals surface area (Å²) in [5, 5.41) is 23.4. The number of nitro benzene ring substituents is 1. The number of halogens is 2. The number of esters is 1. The number of ether oxygens (including phenoxy) is 2. The first kappa shape index (κ1) is 21.4. The molecule has 0 bridgehead atoms. The molecule has 1 aromatic rings. The number of hydrogen-bond acceptors (Lipinski definition) is 8. The van der Waals surface area contributed by atoms with Gasteiger partial charge in [-0.3, -0.25) is 14.9 Å². The molecule has 0 spiro atoms. The number of nitrogens with zero attached hydrogens (tertiary/aromatic N) is 2. The fourth-order valence-electron chi connectivity index (χ4n) is 2.55. The molecule has 0 aliphatic carbocycles. The van der Waals surface area contributed by atoms with Crippen LogP contribution in [0.4, 0.5) is 11.4 Å². The molecule has 0 atom stereocenters. The van der Waals surface area contributed by atoms with E-state index in [1.54, 1.807) is 6.07 Å². The Morgan fingerprint density at radius 3 is 2.70 bits per heavy atom. The zero-order chi connectivity index (χ0) is 20.3. The van der Waals surface area contributed by atoms with Crippen molar-refractivity contribution in [3.8, 4) is 5.75 Å². The van der Waals surface area contributed by atoms with E-state index in [-0.39, 0.29) is 48.1 Å². The summed E-state index contributed by atoms with van der Waals surface area (Å²) in [7, 11) is 2.45. The van der Waals surface area contributed by atoms with Gasteiger partial charge in [-0.05, 0) is 44.6 Å². The number of methoxy groups -OCH3 is 2. The summed E-state index contributed by atoms with van der Waals surface area (Å²) < 4.78 is 10.6. The Labute approximate surface area is 175 Å². The van der Waals surface area contributed by atoms with Crippen molar-refractivity contribution in [1.82, 2.24) is 4.90 Å². The molecular formula is C15H15BrIN3O7. The fraction of sp³-hybridized carbons (Fsp3) is 0.333. The third-order valence-electron chi connectivity index (χ3n) is 3.75. The summed E-state index contributed by atoms with van der Waals surface area (Å²) in [6, 6.07) is 1.58. The number of nitro groups is 1. The molecule has 12 heteroatoms. The van der Waals surface area contributed by atoms with Crippen molar-refractivity contribution in [3.63, 3.8) is 0 Å². The Hall–Kier alpha value is -1.93.